The fourth-order valence-electron chi connectivity index (χ4n) is 6.73. The van der Waals surface area contributed by atoms with Gasteiger partial charge >= 0.3 is 0 Å². The summed E-state index contributed by atoms with van der Waals surface area (Å²) < 4.78 is 11.3. The van der Waals surface area contributed by atoms with Crippen LogP contribution < -0.4 is 9.47 Å². The number of benzene rings is 1. The highest BCUT2D eigenvalue weighted by atomic mass is 16.5. The Bertz CT molecular complexity index is 655. The molecule has 0 atom stereocenters. The Kier molecular flexibility index (Phi) is 4.33. The van der Waals surface area contributed by atoms with Crippen LogP contribution >= 0.6 is 0 Å². The molecule has 1 amide bonds. The van der Waals surface area contributed by atoms with Crippen LogP contribution in [-0.2, 0) is 4.79 Å². The molecule has 4 nitrogen and oxygen atoms in total. The first kappa shape index (κ1) is 17.4. The molecule has 1 heterocycles. The van der Waals surface area contributed by atoms with Crippen LogP contribution in [0.4, 0.5) is 0 Å². The molecule has 4 bridgehead atoms. The molecule has 4 saturated carbocycles. The summed E-state index contributed by atoms with van der Waals surface area (Å²) in [6.07, 6.45) is 9.76. The first-order valence-corrected chi connectivity index (χ1v) is 10.7. The Morgan fingerprint density at radius 1 is 0.926 bits per heavy atom. The lowest BCUT2D eigenvalue weighted by molar-refractivity contribution is -0.159. The van der Waals surface area contributed by atoms with E-state index in [1.807, 2.05) is 24.3 Å². The van der Waals surface area contributed by atoms with E-state index in [9.17, 15) is 4.79 Å². The van der Waals surface area contributed by atoms with Crippen molar-refractivity contribution in [3.63, 3.8) is 0 Å². The van der Waals surface area contributed by atoms with E-state index in [0.29, 0.717) is 5.91 Å². The normalized spacial score (nSPS) is 35.3. The molecule has 4 heteroatoms. The van der Waals surface area contributed by atoms with Crippen molar-refractivity contribution in [2.45, 2.75) is 57.5 Å². The van der Waals surface area contributed by atoms with Gasteiger partial charge in [-0.1, -0.05) is 0 Å². The molecule has 0 radical (unpaired) electrons. The molecular weight excluding hydrogens is 338 g/mol. The van der Waals surface area contributed by atoms with Crippen LogP contribution in [0.3, 0.4) is 0 Å². The maximum absolute atomic E-state index is 13.5. The van der Waals surface area contributed by atoms with Crippen molar-refractivity contribution in [2.24, 2.45) is 23.2 Å². The minimum Gasteiger partial charge on any atom is -0.497 e. The summed E-state index contributed by atoms with van der Waals surface area (Å²) in [6.45, 7) is 1.70. The van der Waals surface area contributed by atoms with Gasteiger partial charge in [-0.2, -0.15) is 0 Å². The standard InChI is InChI=1S/C23H31NO3/c1-26-19-2-4-20(5-3-19)27-21-6-8-24(9-7-21)22(25)23-13-16-10-17(14-23)12-18(11-16)15-23/h2-5,16-18,21H,6-15H2,1H3. The average molecular weight is 370 g/mol. The quantitative estimate of drug-likeness (QED) is 0.795. The lowest BCUT2D eigenvalue weighted by Gasteiger charge is -2.57. The molecule has 0 unspecified atom stereocenters. The van der Waals surface area contributed by atoms with Gasteiger partial charge in [0.05, 0.1) is 12.5 Å². The van der Waals surface area contributed by atoms with Gasteiger partial charge in [0.1, 0.15) is 17.6 Å². The lowest BCUT2D eigenvalue weighted by atomic mass is 9.49. The van der Waals surface area contributed by atoms with E-state index in [-0.39, 0.29) is 11.5 Å². The van der Waals surface area contributed by atoms with Gasteiger partial charge in [0, 0.05) is 25.9 Å². The number of carbonyl (C=O) groups excluding carboxylic acids is 1. The second-order valence-corrected chi connectivity index (χ2v) is 9.48. The molecule has 5 fully saturated rings. The van der Waals surface area contributed by atoms with Gasteiger partial charge in [-0.15, -0.1) is 0 Å². The number of carbonyl (C=O) groups is 1. The van der Waals surface area contributed by atoms with E-state index in [2.05, 4.69) is 4.90 Å². The van der Waals surface area contributed by atoms with E-state index in [1.54, 1.807) is 7.11 Å². The molecule has 1 saturated heterocycles. The third-order valence-electron chi connectivity index (χ3n) is 7.58. The van der Waals surface area contributed by atoms with E-state index in [1.165, 1.54) is 38.5 Å². The second kappa shape index (κ2) is 6.72. The van der Waals surface area contributed by atoms with Crippen LogP contribution in [-0.4, -0.2) is 37.1 Å². The molecule has 5 aliphatic rings. The summed E-state index contributed by atoms with van der Waals surface area (Å²) in [5.74, 6) is 4.70. The third-order valence-corrected chi connectivity index (χ3v) is 7.58. The summed E-state index contributed by atoms with van der Waals surface area (Å²) in [6, 6.07) is 7.79. The zero-order chi connectivity index (χ0) is 18.4. The number of rotatable bonds is 4. The van der Waals surface area contributed by atoms with Crippen LogP contribution in [0.1, 0.15) is 51.4 Å². The number of methoxy groups -OCH3 is 1. The zero-order valence-corrected chi connectivity index (χ0v) is 16.4. The summed E-state index contributed by atoms with van der Waals surface area (Å²) in [4.78, 5) is 15.6. The van der Waals surface area contributed by atoms with E-state index >= 15 is 0 Å². The topological polar surface area (TPSA) is 38.8 Å². The van der Waals surface area contributed by atoms with E-state index in [4.69, 9.17) is 9.47 Å². The summed E-state index contributed by atoms with van der Waals surface area (Å²) >= 11 is 0. The number of nitrogens with zero attached hydrogens (tertiary/aromatic N) is 1. The highest BCUT2D eigenvalue weighted by molar-refractivity contribution is 5.83. The molecule has 27 heavy (non-hydrogen) atoms. The SMILES string of the molecule is COc1ccc(OC2CCN(C(=O)C34CC5CC(CC(C5)C3)C4)CC2)cc1. The molecule has 0 N–H and O–H groups in total. The van der Waals surface area contributed by atoms with Gasteiger partial charge in [0.2, 0.25) is 5.91 Å². The van der Waals surface area contributed by atoms with Crippen molar-refractivity contribution in [3.05, 3.63) is 24.3 Å². The van der Waals surface area contributed by atoms with Gasteiger partial charge in [0.15, 0.2) is 0 Å². The number of ether oxygens (including phenoxy) is 2. The van der Waals surface area contributed by atoms with Crippen LogP contribution in [0.15, 0.2) is 24.3 Å². The lowest BCUT2D eigenvalue weighted by Crippen LogP contribution is -2.56. The summed E-state index contributed by atoms with van der Waals surface area (Å²) in [5, 5.41) is 0. The Morgan fingerprint density at radius 2 is 1.44 bits per heavy atom. The Balaban J connectivity index is 1.18. The minimum atomic E-state index is -0.00156. The first-order chi connectivity index (χ1) is 13.1. The smallest absolute Gasteiger partial charge is 0.228 e. The molecule has 1 aromatic carbocycles. The summed E-state index contributed by atoms with van der Waals surface area (Å²) in [7, 11) is 1.67. The Morgan fingerprint density at radius 3 is 1.96 bits per heavy atom. The van der Waals surface area contributed by atoms with Gasteiger partial charge < -0.3 is 14.4 Å². The van der Waals surface area contributed by atoms with Crippen molar-refractivity contribution < 1.29 is 14.3 Å². The van der Waals surface area contributed by atoms with Crippen molar-refractivity contribution in [1.82, 2.24) is 4.90 Å². The molecule has 1 aliphatic heterocycles. The van der Waals surface area contributed by atoms with Crippen LogP contribution in [0.5, 0.6) is 11.5 Å². The second-order valence-electron chi connectivity index (χ2n) is 9.48. The van der Waals surface area contributed by atoms with Crippen molar-refractivity contribution in [2.75, 3.05) is 20.2 Å². The van der Waals surface area contributed by atoms with Crippen LogP contribution in [0.2, 0.25) is 0 Å². The Hall–Kier alpha value is -1.71. The van der Waals surface area contributed by atoms with Crippen molar-refractivity contribution in [1.29, 1.82) is 0 Å². The molecule has 6 rings (SSSR count). The molecule has 146 valence electrons. The maximum Gasteiger partial charge on any atom is 0.228 e. The molecule has 4 aliphatic carbocycles. The zero-order valence-electron chi connectivity index (χ0n) is 16.4. The monoisotopic (exact) mass is 369 g/mol. The van der Waals surface area contributed by atoms with Gasteiger partial charge in [-0.3, -0.25) is 4.79 Å². The fourth-order valence-corrected chi connectivity index (χ4v) is 6.73. The molecule has 0 spiro atoms. The molecular formula is C23H31NO3. The number of hydrogen-bond donors (Lipinski definition) is 0. The predicted molar refractivity (Wildman–Crippen MR) is 104 cm³/mol. The molecule has 1 aromatic rings. The Labute approximate surface area is 162 Å². The molecule has 0 aromatic heterocycles. The predicted octanol–water partition coefficient (Wildman–Crippen LogP) is 4.28. The average Bonchev–Trinajstić information content (AvgIpc) is 2.68. The maximum atomic E-state index is 13.5. The first-order valence-electron chi connectivity index (χ1n) is 10.7. The number of likely N-dealkylation sites (tertiary alicyclic amines) is 1. The highest BCUT2D eigenvalue weighted by Crippen LogP contribution is 2.60. The number of hydrogen-bond acceptors (Lipinski definition) is 3. The number of amides is 1. The van der Waals surface area contributed by atoms with Gasteiger partial charge in [0.25, 0.3) is 0 Å². The third kappa shape index (κ3) is 3.21. The largest absolute Gasteiger partial charge is 0.497 e. The fraction of sp³-hybridized carbons (Fsp3) is 0.696. The number of piperidine rings is 1. The van der Waals surface area contributed by atoms with Gasteiger partial charge in [-0.05, 0) is 80.5 Å². The minimum absolute atomic E-state index is 0.00156. The van der Waals surface area contributed by atoms with Crippen molar-refractivity contribution >= 4 is 5.91 Å². The van der Waals surface area contributed by atoms with E-state index in [0.717, 1.165) is 55.2 Å². The van der Waals surface area contributed by atoms with Gasteiger partial charge in [-0.25, -0.2) is 0 Å². The van der Waals surface area contributed by atoms with Crippen LogP contribution in [0.25, 0.3) is 0 Å². The highest BCUT2D eigenvalue weighted by Gasteiger charge is 2.55. The summed E-state index contributed by atoms with van der Waals surface area (Å²) in [5.41, 5.74) is -0.00156. The van der Waals surface area contributed by atoms with Crippen molar-refractivity contribution in [3.8, 4) is 11.5 Å². The van der Waals surface area contributed by atoms with E-state index < -0.39 is 0 Å². The van der Waals surface area contributed by atoms with Crippen LogP contribution in [0, 0.1) is 23.2 Å².